The first-order valence-corrected chi connectivity index (χ1v) is 7.83. The standard InChI is InChI=1S/C13H20ClN3OS/c1-9-8-15-12(19-9)11(3)16-4-6-17(7-5-16)13(18)10(2)14/h8,10-11H,4-7H2,1-3H3. The van der Waals surface area contributed by atoms with Crippen LogP contribution in [0.2, 0.25) is 0 Å². The summed E-state index contributed by atoms with van der Waals surface area (Å²) in [5.41, 5.74) is 0. The second-order valence-corrected chi connectivity index (χ2v) is 6.88. The minimum Gasteiger partial charge on any atom is -0.339 e. The molecule has 0 bridgehead atoms. The van der Waals surface area contributed by atoms with Crippen molar-refractivity contribution in [3.05, 3.63) is 16.1 Å². The lowest BCUT2D eigenvalue weighted by molar-refractivity contribution is -0.132. The van der Waals surface area contributed by atoms with Gasteiger partial charge in [0.2, 0.25) is 5.91 Å². The Bertz CT molecular complexity index is 441. The lowest BCUT2D eigenvalue weighted by Crippen LogP contribution is -2.50. The first kappa shape index (κ1) is 14.8. The van der Waals surface area contributed by atoms with Gasteiger partial charge in [-0.15, -0.1) is 22.9 Å². The lowest BCUT2D eigenvalue weighted by atomic mass is 10.2. The molecule has 1 saturated heterocycles. The molecule has 2 heterocycles. The summed E-state index contributed by atoms with van der Waals surface area (Å²) >= 11 is 7.59. The number of amides is 1. The van der Waals surface area contributed by atoms with Gasteiger partial charge in [0.05, 0.1) is 6.04 Å². The maximum absolute atomic E-state index is 11.8. The zero-order chi connectivity index (χ0) is 14.0. The van der Waals surface area contributed by atoms with E-state index in [1.165, 1.54) is 4.88 Å². The van der Waals surface area contributed by atoms with Crippen LogP contribution in [0.25, 0.3) is 0 Å². The number of piperazine rings is 1. The molecule has 0 saturated carbocycles. The number of hydrogen-bond acceptors (Lipinski definition) is 4. The quantitative estimate of drug-likeness (QED) is 0.804. The van der Waals surface area contributed by atoms with Crippen LogP contribution in [-0.4, -0.2) is 52.2 Å². The van der Waals surface area contributed by atoms with Crippen LogP contribution in [0.15, 0.2) is 6.20 Å². The Balaban J connectivity index is 1.91. The zero-order valence-electron chi connectivity index (χ0n) is 11.6. The van der Waals surface area contributed by atoms with E-state index >= 15 is 0 Å². The highest BCUT2D eigenvalue weighted by atomic mass is 35.5. The Morgan fingerprint density at radius 3 is 2.47 bits per heavy atom. The average molecular weight is 302 g/mol. The number of hydrogen-bond donors (Lipinski definition) is 0. The highest BCUT2D eigenvalue weighted by Gasteiger charge is 2.27. The normalized spacial score (nSPS) is 20.3. The van der Waals surface area contributed by atoms with Gasteiger partial charge < -0.3 is 4.90 Å². The van der Waals surface area contributed by atoms with Crippen LogP contribution >= 0.6 is 22.9 Å². The van der Waals surface area contributed by atoms with Gasteiger partial charge in [0.1, 0.15) is 10.4 Å². The summed E-state index contributed by atoms with van der Waals surface area (Å²) in [5.74, 6) is 0.0408. The van der Waals surface area contributed by atoms with Crippen molar-refractivity contribution < 1.29 is 4.79 Å². The predicted molar refractivity (Wildman–Crippen MR) is 78.7 cm³/mol. The molecule has 0 N–H and O–H groups in total. The largest absolute Gasteiger partial charge is 0.339 e. The van der Waals surface area contributed by atoms with Gasteiger partial charge in [-0.05, 0) is 20.8 Å². The monoisotopic (exact) mass is 301 g/mol. The van der Waals surface area contributed by atoms with Crippen molar-refractivity contribution in [1.82, 2.24) is 14.8 Å². The van der Waals surface area contributed by atoms with Crippen molar-refractivity contribution in [2.75, 3.05) is 26.2 Å². The van der Waals surface area contributed by atoms with Crippen molar-refractivity contribution >= 4 is 28.8 Å². The van der Waals surface area contributed by atoms with Crippen LogP contribution in [0, 0.1) is 6.92 Å². The zero-order valence-corrected chi connectivity index (χ0v) is 13.2. The van der Waals surface area contributed by atoms with Gasteiger partial charge in [0.15, 0.2) is 0 Å². The van der Waals surface area contributed by atoms with E-state index in [4.69, 9.17) is 11.6 Å². The van der Waals surface area contributed by atoms with E-state index in [0.29, 0.717) is 6.04 Å². The molecule has 1 aromatic heterocycles. The van der Waals surface area contributed by atoms with Gasteiger partial charge in [0, 0.05) is 37.3 Å². The summed E-state index contributed by atoms with van der Waals surface area (Å²) in [6.45, 7) is 9.27. The summed E-state index contributed by atoms with van der Waals surface area (Å²) in [6.07, 6.45) is 1.92. The van der Waals surface area contributed by atoms with E-state index in [1.54, 1.807) is 18.3 Å². The van der Waals surface area contributed by atoms with E-state index in [9.17, 15) is 4.79 Å². The molecule has 2 rings (SSSR count). The molecule has 4 nitrogen and oxygen atoms in total. The van der Waals surface area contributed by atoms with E-state index in [2.05, 4.69) is 23.7 Å². The summed E-state index contributed by atoms with van der Waals surface area (Å²) in [5, 5.41) is 0.730. The molecule has 19 heavy (non-hydrogen) atoms. The van der Waals surface area contributed by atoms with Crippen molar-refractivity contribution in [2.45, 2.75) is 32.2 Å². The first-order chi connectivity index (χ1) is 8.99. The highest BCUT2D eigenvalue weighted by molar-refractivity contribution is 7.11. The molecule has 1 amide bonds. The number of aryl methyl sites for hydroxylation is 1. The molecule has 2 atom stereocenters. The number of halogens is 1. The third kappa shape index (κ3) is 3.46. The van der Waals surface area contributed by atoms with Gasteiger partial charge in [-0.2, -0.15) is 0 Å². The molecule has 106 valence electrons. The molecular weight excluding hydrogens is 282 g/mol. The van der Waals surface area contributed by atoms with Crippen molar-refractivity contribution in [3.8, 4) is 0 Å². The van der Waals surface area contributed by atoms with Gasteiger partial charge in [-0.25, -0.2) is 4.98 Å². The second-order valence-electron chi connectivity index (χ2n) is 4.96. The van der Waals surface area contributed by atoms with E-state index in [0.717, 1.165) is 31.2 Å². The third-order valence-corrected chi connectivity index (χ3v) is 4.78. The Morgan fingerprint density at radius 1 is 1.37 bits per heavy atom. The molecule has 0 aliphatic carbocycles. The van der Waals surface area contributed by atoms with E-state index in [-0.39, 0.29) is 5.91 Å². The summed E-state index contributed by atoms with van der Waals surface area (Å²) in [4.78, 5) is 21.7. The third-order valence-electron chi connectivity index (χ3n) is 3.51. The highest BCUT2D eigenvalue weighted by Crippen LogP contribution is 2.25. The Hall–Kier alpha value is -0.650. The first-order valence-electron chi connectivity index (χ1n) is 6.58. The van der Waals surface area contributed by atoms with Crippen LogP contribution in [0.1, 0.15) is 29.8 Å². The minimum absolute atomic E-state index is 0.0408. The van der Waals surface area contributed by atoms with Gasteiger partial charge in [0.25, 0.3) is 0 Å². The van der Waals surface area contributed by atoms with Crippen molar-refractivity contribution in [1.29, 1.82) is 0 Å². The number of rotatable bonds is 3. The molecular formula is C13H20ClN3OS. The Morgan fingerprint density at radius 2 is 2.00 bits per heavy atom. The number of alkyl halides is 1. The van der Waals surface area contributed by atoms with Crippen LogP contribution in [0.3, 0.4) is 0 Å². The van der Waals surface area contributed by atoms with E-state index in [1.807, 2.05) is 11.1 Å². The fourth-order valence-corrected chi connectivity index (χ4v) is 3.30. The van der Waals surface area contributed by atoms with Gasteiger partial charge >= 0.3 is 0 Å². The Kier molecular flexibility index (Phi) is 4.81. The molecule has 1 aliphatic heterocycles. The second kappa shape index (κ2) is 6.20. The summed E-state index contributed by atoms with van der Waals surface area (Å²) in [6, 6.07) is 0.323. The molecule has 2 unspecified atom stereocenters. The predicted octanol–water partition coefficient (Wildman–Crippen LogP) is 2.28. The molecule has 0 spiro atoms. The number of aromatic nitrogens is 1. The van der Waals surface area contributed by atoms with Crippen LogP contribution in [0.4, 0.5) is 0 Å². The smallest absolute Gasteiger partial charge is 0.240 e. The molecule has 0 radical (unpaired) electrons. The maximum atomic E-state index is 11.8. The number of nitrogens with zero attached hydrogens (tertiary/aromatic N) is 3. The van der Waals surface area contributed by atoms with Crippen molar-refractivity contribution in [2.24, 2.45) is 0 Å². The lowest BCUT2D eigenvalue weighted by Gasteiger charge is -2.37. The molecule has 6 heteroatoms. The van der Waals surface area contributed by atoms with Crippen molar-refractivity contribution in [3.63, 3.8) is 0 Å². The van der Waals surface area contributed by atoms with Crippen LogP contribution < -0.4 is 0 Å². The van der Waals surface area contributed by atoms with E-state index < -0.39 is 5.38 Å². The van der Waals surface area contributed by atoms with Gasteiger partial charge in [-0.1, -0.05) is 0 Å². The molecule has 1 fully saturated rings. The fraction of sp³-hybridized carbons (Fsp3) is 0.692. The molecule has 1 aromatic rings. The topological polar surface area (TPSA) is 36.4 Å². The number of thiazole rings is 1. The van der Waals surface area contributed by atoms with Crippen LogP contribution in [0.5, 0.6) is 0 Å². The summed E-state index contributed by atoms with van der Waals surface area (Å²) < 4.78 is 0. The average Bonchev–Trinajstić information content (AvgIpc) is 2.84. The fourth-order valence-electron chi connectivity index (χ4n) is 2.30. The van der Waals surface area contributed by atoms with Gasteiger partial charge in [-0.3, -0.25) is 9.69 Å². The summed E-state index contributed by atoms with van der Waals surface area (Å²) in [7, 11) is 0. The van der Waals surface area contributed by atoms with Crippen LogP contribution in [-0.2, 0) is 4.79 Å². The SMILES string of the molecule is Cc1cnc(C(C)N2CCN(C(=O)C(C)Cl)CC2)s1. The molecule has 1 aliphatic rings. The maximum Gasteiger partial charge on any atom is 0.240 e. The number of carbonyl (C=O) groups is 1. The minimum atomic E-state index is -0.425. The Labute approximate surface area is 123 Å². The number of carbonyl (C=O) groups excluding carboxylic acids is 1. The molecule has 0 aromatic carbocycles.